The van der Waals surface area contributed by atoms with E-state index in [9.17, 15) is 13.2 Å². The van der Waals surface area contributed by atoms with Gasteiger partial charge in [-0.15, -0.1) is 4.83 Å². The summed E-state index contributed by atoms with van der Waals surface area (Å²) in [5.74, 6) is 0.246. The molecule has 3 rings (SSSR count). The molecule has 0 radical (unpaired) electrons. The number of carbonyl (C=O) groups is 1. The zero-order valence-electron chi connectivity index (χ0n) is 11.6. The summed E-state index contributed by atoms with van der Waals surface area (Å²) in [5, 5.41) is 0. The van der Waals surface area contributed by atoms with E-state index in [1.54, 1.807) is 36.4 Å². The zero-order chi connectivity index (χ0) is 15.6. The number of hydrogen-bond donors (Lipinski definition) is 2. The molecule has 22 heavy (non-hydrogen) atoms. The molecule has 0 saturated carbocycles. The molecule has 1 aliphatic heterocycles. The Morgan fingerprint density at radius 3 is 2.64 bits per heavy atom. The average molecular weight is 318 g/mol. The molecule has 2 aromatic rings. The van der Waals surface area contributed by atoms with E-state index in [4.69, 9.17) is 4.74 Å². The standard InChI is InChI=1S/C15H14N2O4S/c18-15(12-6-7-14-11(10-12)8-9-21-14)16-17-22(19,20)13-4-2-1-3-5-13/h1-7,10,17H,8-9H2,(H,16,18). The van der Waals surface area contributed by atoms with Crippen LogP contribution in [-0.2, 0) is 16.4 Å². The molecule has 2 N–H and O–H groups in total. The van der Waals surface area contributed by atoms with E-state index >= 15 is 0 Å². The smallest absolute Gasteiger partial charge is 0.266 e. The van der Waals surface area contributed by atoms with Crippen molar-refractivity contribution in [1.82, 2.24) is 10.3 Å². The molecule has 1 heterocycles. The van der Waals surface area contributed by atoms with Crippen molar-refractivity contribution < 1.29 is 17.9 Å². The largest absolute Gasteiger partial charge is 0.493 e. The third-order valence-corrected chi connectivity index (χ3v) is 4.57. The van der Waals surface area contributed by atoms with Gasteiger partial charge in [-0.1, -0.05) is 18.2 Å². The van der Waals surface area contributed by atoms with Crippen LogP contribution < -0.4 is 15.0 Å². The highest BCUT2D eigenvalue weighted by Gasteiger charge is 2.17. The molecule has 0 aliphatic carbocycles. The van der Waals surface area contributed by atoms with Crippen molar-refractivity contribution in [2.75, 3.05) is 6.61 Å². The van der Waals surface area contributed by atoms with Gasteiger partial charge in [-0.3, -0.25) is 10.2 Å². The van der Waals surface area contributed by atoms with Gasteiger partial charge in [0.2, 0.25) is 0 Å². The lowest BCUT2D eigenvalue weighted by Gasteiger charge is -2.09. The summed E-state index contributed by atoms with van der Waals surface area (Å²) < 4.78 is 29.4. The number of ether oxygens (including phenoxy) is 1. The second kappa shape index (κ2) is 5.78. The average Bonchev–Trinajstić information content (AvgIpc) is 3.01. The molecule has 0 aromatic heterocycles. The van der Waals surface area contributed by atoms with Crippen LogP contribution in [0.3, 0.4) is 0 Å². The van der Waals surface area contributed by atoms with E-state index in [0.29, 0.717) is 12.2 Å². The Morgan fingerprint density at radius 1 is 1.09 bits per heavy atom. The van der Waals surface area contributed by atoms with Crippen LogP contribution in [0.25, 0.3) is 0 Å². The molecule has 0 fully saturated rings. The number of carbonyl (C=O) groups excluding carboxylic acids is 1. The summed E-state index contributed by atoms with van der Waals surface area (Å²) in [7, 11) is -3.78. The molecule has 0 saturated heterocycles. The van der Waals surface area contributed by atoms with Crippen LogP contribution in [0.5, 0.6) is 5.75 Å². The summed E-state index contributed by atoms with van der Waals surface area (Å²) in [6.45, 7) is 0.598. The van der Waals surface area contributed by atoms with Crippen LogP contribution in [-0.4, -0.2) is 20.9 Å². The van der Waals surface area contributed by atoms with Gasteiger partial charge in [-0.05, 0) is 35.9 Å². The van der Waals surface area contributed by atoms with Crippen molar-refractivity contribution in [2.45, 2.75) is 11.3 Å². The minimum atomic E-state index is -3.78. The first kappa shape index (κ1) is 14.6. The van der Waals surface area contributed by atoms with E-state index in [1.165, 1.54) is 12.1 Å². The highest BCUT2D eigenvalue weighted by Crippen LogP contribution is 2.25. The monoisotopic (exact) mass is 318 g/mol. The first-order valence-corrected chi connectivity index (χ1v) is 8.17. The molecular formula is C15H14N2O4S. The molecular weight excluding hydrogens is 304 g/mol. The van der Waals surface area contributed by atoms with Crippen molar-refractivity contribution in [3.8, 4) is 5.75 Å². The number of nitrogens with one attached hydrogen (secondary N) is 2. The highest BCUT2D eigenvalue weighted by atomic mass is 32.2. The lowest BCUT2D eigenvalue weighted by atomic mass is 10.1. The molecule has 0 unspecified atom stereocenters. The molecule has 114 valence electrons. The summed E-state index contributed by atoms with van der Waals surface area (Å²) >= 11 is 0. The van der Waals surface area contributed by atoms with Gasteiger partial charge in [0.1, 0.15) is 5.75 Å². The van der Waals surface area contributed by atoms with Gasteiger partial charge < -0.3 is 4.74 Å². The topological polar surface area (TPSA) is 84.5 Å². The minimum absolute atomic E-state index is 0.0812. The first-order chi connectivity index (χ1) is 10.6. The van der Waals surface area contributed by atoms with E-state index < -0.39 is 15.9 Å². The SMILES string of the molecule is O=C(NNS(=O)(=O)c1ccccc1)c1ccc2c(c1)CCO2. The number of amides is 1. The van der Waals surface area contributed by atoms with Crippen molar-refractivity contribution in [3.63, 3.8) is 0 Å². The number of benzene rings is 2. The summed E-state index contributed by atoms with van der Waals surface area (Å²) in [5.41, 5.74) is 3.53. The van der Waals surface area contributed by atoms with E-state index in [-0.39, 0.29) is 4.90 Å². The fourth-order valence-electron chi connectivity index (χ4n) is 2.17. The van der Waals surface area contributed by atoms with Gasteiger partial charge >= 0.3 is 0 Å². The molecule has 6 nitrogen and oxygen atoms in total. The minimum Gasteiger partial charge on any atom is -0.493 e. The highest BCUT2D eigenvalue weighted by molar-refractivity contribution is 7.89. The van der Waals surface area contributed by atoms with Gasteiger partial charge in [-0.25, -0.2) is 8.42 Å². The fourth-order valence-corrected chi connectivity index (χ4v) is 3.03. The summed E-state index contributed by atoms with van der Waals surface area (Å²) in [6, 6.07) is 12.8. The third-order valence-electron chi connectivity index (χ3n) is 3.30. The second-order valence-corrected chi connectivity index (χ2v) is 6.48. The Bertz CT molecular complexity index is 804. The fraction of sp³-hybridized carbons (Fsp3) is 0.133. The Hall–Kier alpha value is -2.38. The number of hydrogen-bond acceptors (Lipinski definition) is 4. The molecule has 1 aliphatic rings. The summed E-state index contributed by atoms with van der Waals surface area (Å²) in [4.78, 5) is 14.2. The maximum Gasteiger partial charge on any atom is 0.266 e. The van der Waals surface area contributed by atoms with Crippen LogP contribution in [0.15, 0.2) is 53.4 Å². The quantitative estimate of drug-likeness (QED) is 0.831. The predicted molar refractivity (Wildman–Crippen MR) is 79.9 cm³/mol. The van der Waals surface area contributed by atoms with E-state index in [0.717, 1.165) is 17.7 Å². The Labute approximate surface area is 128 Å². The maximum absolute atomic E-state index is 12.0. The number of rotatable bonds is 4. The van der Waals surface area contributed by atoms with E-state index in [2.05, 4.69) is 10.3 Å². The Kier molecular flexibility index (Phi) is 3.82. The van der Waals surface area contributed by atoms with Gasteiger partial charge in [0, 0.05) is 12.0 Å². The van der Waals surface area contributed by atoms with Crippen molar-refractivity contribution in [3.05, 3.63) is 59.7 Å². The van der Waals surface area contributed by atoms with Gasteiger partial charge in [0.15, 0.2) is 0 Å². The molecule has 0 atom stereocenters. The van der Waals surface area contributed by atoms with Crippen molar-refractivity contribution >= 4 is 15.9 Å². The lowest BCUT2D eigenvalue weighted by molar-refractivity contribution is 0.0945. The van der Waals surface area contributed by atoms with Crippen LogP contribution in [0.2, 0.25) is 0 Å². The van der Waals surface area contributed by atoms with Crippen LogP contribution in [0.4, 0.5) is 0 Å². The van der Waals surface area contributed by atoms with Crippen LogP contribution in [0.1, 0.15) is 15.9 Å². The van der Waals surface area contributed by atoms with Gasteiger partial charge in [-0.2, -0.15) is 0 Å². The first-order valence-electron chi connectivity index (χ1n) is 6.69. The predicted octanol–water partition coefficient (Wildman–Crippen LogP) is 1.24. The van der Waals surface area contributed by atoms with E-state index in [1.807, 2.05) is 0 Å². The third kappa shape index (κ3) is 2.95. The van der Waals surface area contributed by atoms with Gasteiger partial charge in [0.05, 0.1) is 11.5 Å². The molecule has 7 heteroatoms. The number of sulfonamides is 1. The zero-order valence-corrected chi connectivity index (χ0v) is 12.4. The van der Waals surface area contributed by atoms with Crippen molar-refractivity contribution in [1.29, 1.82) is 0 Å². The Balaban J connectivity index is 1.70. The van der Waals surface area contributed by atoms with Gasteiger partial charge in [0.25, 0.3) is 15.9 Å². The molecule has 0 bridgehead atoms. The summed E-state index contributed by atoms with van der Waals surface area (Å²) in [6.07, 6.45) is 0.742. The molecule has 1 amide bonds. The van der Waals surface area contributed by atoms with Crippen molar-refractivity contribution in [2.24, 2.45) is 0 Å². The van der Waals surface area contributed by atoms with Crippen LogP contribution in [0, 0.1) is 0 Å². The molecule has 0 spiro atoms. The molecule has 2 aromatic carbocycles. The number of hydrazine groups is 1. The maximum atomic E-state index is 12.0. The number of fused-ring (bicyclic) bond motifs is 1. The Morgan fingerprint density at radius 2 is 1.86 bits per heavy atom. The van der Waals surface area contributed by atoms with Crippen LogP contribution >= 0.6 is 0 Å². The normalized spacial score (nSPS) is 13.3. The lowest BCUT2D eigenvalue weighted by Crippen LogP contribution is -2.41. The second-order valence-electron chi connectivity index (χ2n) is 4.79.